The Bertz CT molecular complexity index is 714. The van der Waals surface area contributed by atoms with Crippen molar-refractivity contribution in [2.75, 3.05) is 0 Å². The molecule has 2 heterocycles. The summed E-state index contributed by atoms with van der Waals surface area (Å²) < 4.78 is 4.58. The van der Waals surface area contributed by atoms with Gasteiger partial charge in [0.1, 0.15) is 11.3 Å². The maximum Gasteiger partial charge on any atom is 0.159 e. The van der Waals surface area contributed by atoms with Gasteiger partial charge in [0.15, 0.2) is 5.65 Å². The Morgan fingerprint density at radius 2 is 1.95 bits per heavy atom. The van der Waals surface area contributed by atoms with Gasteiger partial charge in [-0.25, -0.2) is 9.67 Å². The van der Waals surface area contributed by atoms with Crippen molar-refractivity contribution in [1.82, 2.24) is 19.3 Å². The molecule has 0 spiro atoms. The number of hydrogen-bond donors (Lipinski definition) is 0. The Balaban J connectivity index is 1.69. The minimum Gasteiger partial charge on any atom is -0.308 e. The monoisotopic (exact) mass is 304 g/mol. The average molecular weight is 305 g/mol. The number of aryl methyl sites for hydroxylation is 2. The third-order valence-electron chi connectivity index (χ3n) is 6.23. The quantitative estimate of drug-likeness (QED) is 0.813. The third kappa shape index (κ3) is 1.42. The fourth-order valence-electron chi connectivity index (χ4n) is 5.49. The molecular weight excluding hydrogens is 284 g/mol. The highest BCUT2D eigenvalue weighted by Gasteiger charge is 2.66. The van der Waals surface area contributed by atoms with Gasteiger partial charge in [-0.1, -0.05) is 0 Å². The van der Waals surface area contributed by atoms with Crippen LogP contribution >= 0.6 is 11.6 Å². The van der Waals surface area contributed by atoms with Gasteiger partial charge in [0.05, 0.1) is 11.6 Å². The van der Waals surface area contributed by atoms with E-state index in [0.29, 0.717) is 11.9 Å². The average Bonchev–Trinajstić information content (AvgIpc) is 2.90. The van der Waals surface area contributed by atoms with E-state index >= 15 is 0 Å². The van der Waals surface area contributed by atoms with E-state index in [4.69, 9.17) is 16.6 Å². The standard InChI is InChI=1S/C16H21ClN4/c1-3-20-16-14(8(2)19-20)18-11(7-17)21(16)15-12-9-4-5-10(6-9)13(12)15/h9-10,12-13,15H,3-7H2,1-2H3. The fourth-order valence-corrected chi connectivity index (χ4v) is 5.67. The Hall–Kier alpha value is -1.03. The number of alkyl halides is 1. The van der Waals surface area contributed by atoms with Gasteiger partial charge in [0, 0.05) is 12.6 Å². The molecule has 4 nitrogen and oxygen atoms in total. The van der Waals surface area contributed by atoms with E-state index < -0.39 is 0 Å². The lowest BCUT2D eigenvalue weighted by atomic mass is 10.0. The van der Waals surface area contributed by atoms with Crippen LogP contribution in [0.3, 0.4) is 0 Å². The fraction of sp³-hybridized carbons (Fsp3) is 0.750. The number of imidazole rings is 1. The molecule has 0 aliphatic heterocycles. The van der Waals surface area contributed by atoms with Gasteiger partial charge in [-0.05, 0) is 56.8 Å². The van der Waals surface area contributed by atoms with Crippen molar-refractivity contribution in [3.63, 3.8) is 0 Å². The van der Waals surface area contributed by atoms with Gasteiger partial charge < -0.3 is 4.57 Å². The van der Waals surface area contributed by atoms with Gasteiger partial charge >= 0.3 is 0 Å². The van der Waals surface area contributed by atoms with Crippen LogP contribution in [0.5, 0.6) is 0 Å². The molecule has 112 valence electrons. The van der Waals surface area contributed by atoms with E-state index in [-0.39, 0.29) is 0 Å². The molecule has 2 bridgehead atoms. The lowest BCUT2D eigenvalue weighted by Crippen LogP contribution is -2.11. The number of fused-ring (bicyclic) bond motifs is 6. The Labute approximate surface area is 129 Å². The Kier molecular flexibility index (Phi) is 2.40. The lowest BCUT2D eigenvalue weighted by Gasteiger charge is -2.14. The van der Waals surface area contributed by atoms with Crippen LogP contribution in [0.25, 0.3) is 11.2 Å². The first-order valence-electron chi connectivity index (χ1n) is 8.24. The first kappa shape index (κ1) is 12.5. The SMILES string of the molecule is CCn1nc(C)c2nc(CCl)n(C3C4C5CCC(C5)C43)c21. The van der Waals surface area contributed by atoms with E-state index in [2.05, 4.69) is 28.2 Å². The molecule has 0 amide bonds. The topological polar surface area (TPSA) is 35.6 Å². The van der Waals surface area contributed by atoms with Crippen LogP contribution in [0, 0.1) is 30.6 Å². The lowest BCUT2D eigenvalue weighted by molar-refractivity contribution is 0.449. The van der Waals surface area contributed by atoms with E-state index in [0.717, 1.165) is 47.3 Å². The summed E-state index contributed by atoms with van der Waals surface area (Å²) in [5.74, 6) is 5.26. The van der Waals surface area contributed by atoms with Crippen molar-refractivity contribution < 1.29 is 0 Å². The summed E-state index contributed by atoms with van der Waals surface area (Å²) >= 11 is 6.21. The van der Waals surface area contributed by atoms with Gasteiger partial charge in [-0.3, -0.25) is 0 Å². The molecule has 5 heteroatoms. The van der Waals surface area contributed by atoms with Crippen LogP contribution in [0.2, 0.25) is 0 Å². The van der Waals surface area contributed by atoms with Gasteiger partial charge in [-0.2, -0.15) is 5.10 Å². The summed E-state index contributed by atoms with van der Waals surface area (Å²) in [4.78, 5) is 4.81. The molecule has 0 aromatic carbocycles. The normalized spacial score (nSPS) is 36.6. The Morgan fingerprint density at radius 3 is 2.57 bits per heavy atom. The molecule has 3 fully saturated rings. The second-order valence-electron chi connectivity index (χ2n) is 7.08. The van der Waals surface area contributed by atoms with Gasteiger partial charge in [-0.15, -0.1) is 11.6 Å². The molecule has 0 saturated heterocycles. The molecule has 2 aromatic heterocycles. The predicted octanol–water partition coefficient (Wildman–Crippen LogP) is 3.52. The summed E-state index contributed by atoms with van der Waals surface area (Å²) in [6.45, 7) is 5.11. The first-order chi connectivity index (χ1) is 10.2. The highest BCUT2D eigenvalue weighted by molar-refractivity contribution is 6.16. The van der Waals surface area contributed by atoms with Crippen LogP contribution in [-0.2, 0) is 12.4 Å². The van der Waals surface area contributed by atoms with Gasteiger partial charge in [0.2, 0.25) is 0 Å². The summed E-state index contributed by atoms with van der Waals surface area (Å²) in [6, 6.07) is 0.649. The molecule has 2 aromatic rings. The van der Waals surface area contributed by atoms with Gasteiger partial charge in [0.25, 0.3) is 0 Å². The van der Waals surface area contributed by atoms with Crippen molar-refractivity contribution in [3.05, 3.63) is 11.5 Å². The second kappa shape index (κ2) is 4.03. The maximum absolute atomic E-state index is 6.21. The molecule has 3 aliphatic rings. The zero-order chi connectivity index (χ0) is 14.3. The highest BCUT2D eigenvalue weighted by atomic mass is 35.5. The van der Waals surface area contributed by atoms with Crippen LogP contribution < -0.4 is 0 Å². The number of halogens is 1. The van der Waals surface area contributed by atoms with Crippen molar-refractivity contribution in [2.24, 2.45) is 23.7 Å². The zero-order valence-electron chi connectivity index (χ0n) is 12.6. The molecule has 21 heavy (non-hydrogen) atoms. The van der Waals surface area contributed by atoms with Crippen molar-refractivity contribution in [2.45, 2.75) is 51.6 Å². The zero-order valence-corrected chi connectivity index (χ0v) is 13.3. The van der Waals surface area contributed by atoms with E-state index in [1.807, 2.05) is 0 Å². The molecule has 0 N–H and O–H groups in total. The van der Waals surface area contributed by atoms with E-state index in [1.165, 1.54) is 24.9 Å². The van der Waals surface area contributed by atoms with Crippen molar-refractivity contribution in [1.29, 1.82) is 0 Å². The summed E-state index contributed by atoms with van der Waals surface area (Å²) in [5.41, 5.74) is 3.31. The first-order valence-corrected chi connectivity index (χ1v) is 8.78. The van der Waals surface area contributed by atoms with Crippen LogP contribution in [0.1, 0.15) is 43.7 Å². The number of aromatic nitrogens is 4. The molecular formula is C16H21ClN4. The highest BCUT2D eigenvalue weighted by Crippen LogP contribution is 2.72. The van der Waals surface area contributed by atoms with Crippen LogP contribution in [0.4, 0.5) is 0 Å². The summed E-state index contributed by atoms with van der Waals surface area (Å²) in [7, 11) is 0. The third-order valence-corrected chi connectivity index (χ3v) is 6.47. The molecule has 3 aliphatic carbocycles. The van der Waals surface area contributed by atoms with Crippen LogP contribution in [-0.4, -0.2) is 19.3 Å². The van der Waals surface area contributed by atoms with Crippen molar-refractivity contribution in [3.8, 4) is 0 Å². The number of hydrogen-bond acceptors (Lipinski definition) is 2. The summed E-state index contributed by atoms with van der Waals surface area (Å²) in [6.07, 6.45) is 4.37. The Morgan fingerprint density at radius 1 is 1.24 bits per heavy atom. The maximum atomic E-state index is 6.21. The van der Waals surface area contributed by atoms with Crippen LogP contribution in [0.15, 0.2) is 0 Å². The van der Waals surface area contributed by atoms with Crippen molar-refractivity contribution >= 4 is 22.8 Å². The molecule has 3 saturated carbocycles. The largest absolute Gasteiger partial charge is 0.308 e. The predicted molar refractivity (Wildman–Crippen MR) is 82.3 cm³/mol. The minimum atomic E-state index is 0.503. The number of nitrogens with zero attached hydrogens (tertiary/aromatic N) is 4. The minimum absolute atomic E-state index is 0.503. The second-order valence-corrected chi connectivity index (χ2v) is 7.35. The smallest absolute Gasteiger partial charge is 0.159 e. The molecule has 0 radical (unpaired) electrons. The number of rotatable bonds is 3. The van der Waals surface area contributed by atoms with E-state index in [9.17, 15) is 0 Å². The molecule has 5 rings (SSSR count). The molecule has 4 atom stereocenters. The molecule has 4 unspecified atom stereocenters. The summed E-state index contributed by atoms with van der Waals surface area (Å²) in [5, 5.41) is 4.65. The van der Waals surface area contributed by atoms with E-state index in [1.54, 1.807) is 0 Å².